The second kappa shape index (κ2) is 2.63. The van der Waals surface area contributed by atoms with Gasteiger partial charge in [-0.1, -0.05) is 6.92 Å². The second-order valence-electron chi connectivity index (χ2n) is 4.25. The Morgan fingerprint density at radius 3 is 2.67 bits per heavy atom. The molecular formula is C9H17NOS. The Balaban J connectivity index is 2.20. The summed E-state index contributed by atoms with van der Waals surface area (Å²) in [5.41, 5.74) is 0.00241. The summed E-state index contributed by atoms with van der Waals surface area (Å²) in [6, 6.07) is 0. The molecule has 12 heavy (non-hydrogen) atoms. The maximum absolute atomic E-state index is 5.74. The third-order valence-electron chi connectivity index (χ3n) is 2.97. The van der Waals surface area contributed by atoms with Crippen molar-refractivity contribution in [1.82, 2.24) is 5.32 Å². The molecule has 0 aromatic rings. The van der Waals surface area contributed by atoms with E-state index in [0.717, 1.165) is 24.8 Å². The fourth-order valence-electron chi connectivity index (χ4n) is 2.10. The third kappa shape index (κ3) is 1.10. The zero-order valence-corrected chi connectivity index (χ0v) is 8.83. The number of ether oxygens (including phenoxy) is 1. The Labute approximate surface area is 78.4 Å². The van der Waals surface area contributed by atoms with Crippen LogP contribution in [0.3, 0.4) is 0 Å². The van der Waals surface area contributed by atoms with Crippen molar-refractivity contribution in [2.45, 2.75) is 42.9 Å². The molecular weight excluding hydrogens is 170 g/mol. The molecule has 0 aromatic carbocycles. The summed E-state index contributed by atoms with van der Waals surface area (Å²) in [6.45, 7) is 8.69. The first-order valence-electron chi connectivity index (χ1n) is 4.63. The molecule has 2 nitrogen and oxygen atoms in total. The Hall–Kier alpha value is 0.270. The van der Waals surface area contributed by atoms with Crippen molar-refractivity contribution in [2.75, 3.05) is 13.2 Å². The van der Waals surface area contributed by atoms with Crippen LogP contribution in [0.15, 0.2) is 0 Å². The summed E-state index contributed by atoms with van der Waals surface area (Å²) in [6.07, 6.45) is 1.15. The molecule has 0 bridgehead atoms. The van der Waals surface area contributed by atoms with Gasteiger partial charge in [-0.05, 0) is 13.8 Å². The van der Waals surface area contributed by atoms with Gasteiger partial charge in [-0.2, -0.15) is 0 Å². The van der Waals surface area contributed by atoms with Gasteiger partial charge < -0.3 is 4.74 Å². The molecule has 2 fully saturated rings. The normalized spacial score (nSPS) is 45.8. The number of thioether (sulfide) groups is 1. The lowest BCUT2D eigenvalue weighted by Gasteiger charge is -2.35. The monoisotopic (exact) mass is 187 g/mol. The zero-order valence-electron chi connectivity index (χ0n) is 8.02. The first-order chi connectivity index (χ1) is 5.56. The average molecular weight is 187 g/mol. The fourth-order valence-corrected chi connectivity index (χ4v) is 3.67. The van der Waals surface area contributed by atoms with Gasteiger partial charge in [0, 0.05) is 18.2 Å². The van der Waals surface area contributed by atoms with Gasteiger partial charge in [0.25, 0.3) is 0 Å². The summed E-state index contributed by atoms with van der Waals surface area (Å²) in [7, 11) is 0. The van der Waals surface area contributed by atoms with E-state index in [1.54, 1.807) is 0 Å². The van der Waals surface area contributed by atoms with Crippen molar-refractivity contribution in [3.8, 4) is 0 Å². The fraction of sp³-hybridized carbons (Fsp3) is 1.00. The van der Waals surface area contributed by atoms with Crippen molar-refractivity contribution in [3.63, 3.8) is 0 Å². The smallest absolute Gasteiger partial charge is 0.0958 e. The van der Waals surface area contributed by atoms with E-state index in [1.807, 2.05) is 11.8 Å². The zero-order chi connectivity index (χ0) is 8.82. The van der Waals surface area contributed by atoms with Crippen LogP contribution in [0.2, 0.25) is 0 Å². The molecule has 1 N–H and O–H groups in total. The molecule has 70 valence electrons. The van der Waals surface area contributed by atoms with Crippen LogP contribution >= 0.6 is 11.8 Å². The van der Waals surface area contributed by atoms with E-state index >= 15 is 0 Å². The van der Waals surface area contributed by atoms with E-state index < -0.39 is 0 Å². The van der Waals surface area contributed by atoms with Crippen molar-refractivity contribution in [2.24, 2.45) is 0 Å². The minimum Gasteiger partial charge on any atom is -0.373 e. The van der Waals surface area contributed by atoms with Gasteiger partial charge in [0.1, 0.15) is 0 Å². The predicted molar refractivity (Wildman–Crippen MR) is 52.4 cm³/mol. The molecule has 3 heteroatoms. The highest BCUT2D eigenvalue weighted by Gasteiger charge is 2.54. The maximum atomic E-state index is 5.74. The lowest BCUT2D eigenvalue weighted by molar-refractivity contribution is 0.0157. The van der Waals surface area contributed by atoms with Crippen molar-refractivity contribution in [1.29, 1.82) is 0 Å². The van der Waals surface area contributed by atoms with Gasteiger partial charge in [-0.3, -0.25) is 5.32 Å². The summed E-state index contributed by atoms with van der Waals surface area (Å²) < 4.78 is 5.74. The summed E-state index contributed by atoms with van der Waals surface area (Å²) in [4.78, 5) is 0.201. The quantitative estimate of drug-likeness (QED) is 0.622. The van der Waals surface area contributed by atoms with Crippen LogP contribution in [0.25, 0.3) is 0 Å². The summed E-state index contributed by atoms with van der Waals surface area (Å²) in [5, 5.41) is 4.34. The standard InChI is InChI=1S/C9H17NOS/c1-7-6-10-9(12-7)4-5-11-8(9,2)3/h7,10H,4-6H2,1-3H3. The molecule has 0 radical (unpaired) electrons. The molecule has 0 aromatic heterocycles. The molecule has 2 saturated heterocycles. The number of rotatable bonds is 0. The van der Waals surface area contributed by atoms with Gasteiger partial charge in [-0.15, -0.1) is 11.8 Å². The minimum atomic E-state index is 0.00241. The summed E-state index contributed by atoms with van der Waals surface area (Å²) in [5.74, 6) is 0. The van der Waals surface area contributed by atoms with Crippen molar-refractivity contribution >= 4 is 11.8 Å². The summed E-state index contributed by atoms with van der Waals surface area (Å²) >= 11 is 2.05. The van der Waals surface area contributed by atoms with Crippen molar-refractivity contribution < 1.29 is 4.74 Å². The molecule has 0 aliphatic carbocycles. The van der Waals surface area contributed by atoms with Crippen LogP contribution in [0.5, 0.6) is 0 Å². The van der Waals surface area contributed by atoms with Crippen LogP contribution in [-0.4, -0.2) is 28.9 Å². The number of hydrogen-bond donors (Lipinski definition) is 1. The van der Waals surface area contributed by atoms with E-state index in [9.17, 15) is 0 Å². The first kappa shape index (κ1) is 8.85. The Bertz CT molecular complexity index is 195. The average Bonchev–Trinajstić information content (AvgIpc) is 2.43. The molecule has 2 atom stereocenters. The molecule has 1 spiro atoms. The molecule has 2 rings (SSSR count). The van der Waals surface area contributed by atoms with Gasteiger partial charge in [0.2, 0.25) is 0 Å². The van der Waals surface area contributed by atoms with E-state index in [2.05, 4.69) is 26.1 Å². The lowest BCUT2D eigenvalue weighted by Crippen LogP contribution is -2.51. The van der Waals surface area contributed by atoms with E-state index in [0.29, 0.717) is 0 Å². The molecule has 2 aliphatic rings. The Morgan fingerprint density at radius 1 is 1.50 bits per heavy atom. The highest BCUT2D eigenvalue weighted by Crippen LogP contribution is 2.48. The van der Waals surface area contributed by atoms with Gasteiger partial charge in [0.05, 0.1) is 17.1 Å². The molecule has 0 saturated carbocycles. The highest BCUT2D eigenvalue weighted by molar-refractivity contribution is 8.01. The largest absolute Gasteiger partial charge is 0.373 e. The maximum Gasteiger partial charge on any atom is 0.0958 e. The Morgan fingerprint density at radius 2 is 2.25 bits per heavy atom. The molecule has 0 amide bonds. The minimum absolute atomic E-state index is 0.00241. The SMILES string of the molecule is CC1CNC2(CCOC2(C)C)S1. The molecule has 2 aliphatic heterocycles. The number of hydrogen-bond acceptors (Lipinski definition) is 3. The number of nitrogens with one attached hydrogen (secondary N) is 1. The van der Waals surface area contributed by atoms with Gasteiger partial charge in [-0.25, -0.2) is 0 Å². The third-order valence-corrected chi connectivity index (χ3v) is 4.78. The van der Waals surface area contributed by atoms with Crippen molar-refractivity contribution in [3.05, 3.63) is 0 Å². The predicted octanol–water partition coefficient (Wildman–Crippen LogP) is 1.61. The van der Waals surface area contributed by atoms with Gasteiger partial charge in [0.15, 0.2) is 0 Å². The Kier molecular flexibility index (Phi) is 1.94. The van der Waals surface area contributed by atoms with E-state index in [4.69, 9.17) is 4.74 Å². The van der Waals surface area contributed by atoms with Crippen LogP contribution in [0.1, 0.15) is 27.2 Å². The van der Waals surface area contributed by atoms with Crippen LogP contribution in [-0.2, 0) is 4.74 Å². The lowest BCUT2D eigenvalue weighted by atomic mass is 9.98. The van der Waals surface area contributed by atoms with E-state index in [-0.39, 0.29) is 10.5 Å². The topological polar surface area (TPSA) is 21.3 Å². The first-order valence-corrected chi connectivity index (χ1v) is 5.50. The van der Waals surface area contributed by atoms with Gasteiger partial charge >= 0.3 is 0 Å². The highest BCUT2D eigenvalue weighted by atomic mass is 32.2. The van der Waals surface area contributed by atoms with Crippen LogP contribution < -0.4 is 5.32 Å². The molecule has 2 unspecified atom stereocenters. The second-order valence-corrected chi connectivity index (χ2v) is 5.98. The van der Waals surface area contributed by atoms with Crippen LogP contribution in [0.4, 0.5) is 0 Å². The van der Waals surface area contributed by atoms with E-state index in [1.165, 1.54) is 0 Å². The van der Waals surface area contributed by atoms with Crippen LogP contribution in [0, 0.1) is 0 Å². The molecule has 2 heterocycles.